The number of rotatable bonds is 5. The van der Waals surface area contributed by atoms with Crippen LogP contribution in [0.15, 0.2) is 23.0 Å². The Balaban J connectivity index is 2.19. The van der Waals surface area contributed by atoms with Crippen LogP contribution in [0.25, 0.3) is 11.0 Å². The zero-order chi connectivity index (χ0) is 20.8. The summed E-state index contributed by atoms with van der Waals surface area (Å²) in [4.78, 5) is 20.8. The molecule has 0 fully saturated rings. The van der Waals surface area contributed by atoms with Crippen LogP contribution in [-0.4, -0.2) is 33.8 Å². The molecule has 0 aliphatic rings. The number of aromatic nitrogens is 4. The standard InChI is InChI=1S/C18H19F4N5O/c1-9(11-6-5-10(7-12(11)20)18(2,21)22)27-15-14(13(8-19)25-27)16(28)24-17(23-15)26(3)4/h5-7,9H,8H2,1-4H3,(H,23,24,28)/t9-/m0/s1. The molecule has 0 aliphatic heterocycles. The Kier molecular flexibility index (Phi) is 4.90. The fraction of sp³-hybridized carbons (Fsp3) is 0.389. The molecule has 0 saturated carbocycles. The van der Waals surface area contributed by atoms with Crippen LogP contribution in [-0.2, 0) is 12.6 Å². The van der Waals surface area contributed by atoms with Crippen LogP contribution in [0.1, 0.15) is 36.7 Å². The van der Waals surface area contributed by atoms with Crippen molar-refractivity contribution in [2.75, 3.05) is 19.0 Å². The van der Waals surface area contributed by atoms with Crippen molar-refractivity contribution >= 4 is 17.0 Å². The van der Waals surface area contributed by atoms with Crippen molar-refractivity contribution in [3.63, 3.8) is 0 Å². The van der Waals surface area contributed by atoms with E-state index >= 15 is 0 Å². The van der Waals surface area contributed by atoms with E-state index < -0.39 is 35.6 Å². The number of alkyl halides is 3. The second-order valence-corrected chi connectivity index (χ2v) is 6.81. The zero-order valence-corrected chi connectivity index (χ0v) is 15.7. The van der Waals surface area contributed by atoms with Gasteiger partial charge in [0, 0.05) is 32.1 Å². The summed E-state index contributed by atoms with van der Waals surface area (Å²) in [7, 11) is 3.32. The molecule has 10 heteroatoms. The number of halogens is 4. The van der Waals surface area contributed by atoms with Crippen LogP contribution < -0.4 is 10.5 Å². The first-order chi connectivity index (χ1) is 13.0. The van der Waals surface area contributed by atoms with Gasteiger partial charge >= 0.3 is 0 Å². The Hall–Kier alpha value is -2.91. The second-order valence-electron chi connectivity index (χ2n) is 6.81. The molecule has 0 aliphatic carbocycles. The van der Waals surface area contributed by atoms with Crippen molar-refractivity contribution in [2.24, 2.45) is 0 Å². The van der Waals surface area contributed by atoms with Crippen LogP contribution in [0.2, 0.25) is 0 Å². The molecule has 0 unspecified atom stereocenters. The molecular weight excluding hydrogens is 378 g/mol. The van der Waals surface area contributed by atoms with Crippen molar-refractivity contribution in [3.05, 3.63) is 51.2 Å². The normalized spacial score (nSPS) is 13.1. The SMILES string of the molecule is C[C@@H](c1ccc(C(C)(F)F)cc1F)n1nc(CF)c2c(=O)[nH]c(N(C)C)nc21. The van der Waals surface area contributed by atoms with Crippen LogP contribution in [0.4, 0.5) is 23.5 Å². The highest BCUT2D eigenvalue weighted by molar-refractivity contribution is 5.78. The number of fused-ring (bicyclic) bond motifs is 1. The molecule has 1 N–H and O–H groups in total. The van der Waals surface area contributed by atoms with Gasteiger partial charge in [0.15, 0.2) is 5.65 Å². The molecule has 0 spiro atoms. The minimum atomic E-state index is -3.18. The third-order valence-corrected chi connectivity index (χ3v) is 4.50. The smallest absolute Gasteiger partial charge is 0.270 e. The Morgan fingerprint density at radius 3 is 2.54 bits per heavy atom. The molecule has 2 aromatic heterocycles. The molecule has 0 bridgehead atoms. The summed E-state index contributed by atoms with van der Waals surface area (Å²) >= 11 is 0. The van der Waals surface area contributed by atoms with Gasteiger partial charge in [-0.1, -0.05) is 12.1 Å². The first kappa shape index (κ1) is 19.8. The lowest BCUT2D eigenvalue weighted by Gasteiger charge is -2.17. The molecule has 28 heavy (non-hydrogen) atoms. The zero-order valence-electron chi connectivity index (χ0n) is 15.7. The van der Waals surface area contributed by atoms with Crippen molar-refractivity contribution in [1.82, 2.24) is 19.7 Å². The lowest BCUT2D eigenvalue weighted by molar-refractivity contribution is 0.0171. The van der Waals surface area contributed by atoms with Gasteiger partial charge in [-0.3, -0.25) is 9.78 Å². The van der Waals surface area contributed by atoms with E-state index in [4.69, 9.17) is 0 Å². The lowest BCUT2D eigenvalue weighted by atomic mass is 10.0. The van der Waals surface area contributed by atoms with Crippen molar-refractivity contribution in [3.8, 4) is 0 Å². The molecule has 0 radical (unpaired) electrons. The average Bonchev–Trinajstić information content (AvgIpc) is 2.99. The average molecular weight is 397 g/mol. The Morgan fingerprint density at radius 2 is 2.00 bits per heavy atom. The largest absolute Gasteiger partial charge is 0.348 e. The molecule has 0 saturated heterocycles. The van der Waals surface area contributed by atoms with E-state index in [0.29, 0.717) is 6.92 Å². The molecule has 6 nitrogen and oxygen atoms in total. The van der Waals surface area contributed by atoms with E-state index in [0.717, 1.165) is 12.1 Å². The summed E-state index contributed by atoms with van der Waals surface area (Å²) in [5.41, 5.74) is -1.01. The summed E-state index contributed by atoms with van der Waals surface area (Å²) in [5.74, 6) is -3.81. The predicted molar refractivity (Wildman–Crippen MR) is 97.1 cm³/mol. The third kappa shape index (κ3) is 3.34. The summed E-state index contributed by atoms with van der Waals surface area (Å²) in [5, 5.41) is 4.05. The third-order valence-electron chi connectivity index (χ3n) is 4.50. The Morgan fingerprint density at radius 1 is 1.32 bits per heavy atom. The molecular formula is C18H19F4N5O. The fourth-order valence-electron chi connectivity index (χ4n) is 2.95. The molecule has 2 heterocycles. The van der Waals surface area contributed by atoms with E-state index in [1.165, 1.54) is 10.7 Å². The highest BCUT2D eigenvalue weighted by atomic mass is 19.3. The number of nitrogens with one attached hydrogen (secondary N) is 1. The van der Waals surface area contributed by atoms with Crippen LogP contribution in [0.3, 0.4) is 0 Å². The molecule has 0 amide bonds. The molecule has 1 aromatic carbocycles. The first-order valence-electron chi connectivity index (χ1n) is 8.47. The summed E-state index contributed by atoms with van der Waals surface area (Å²) < 4.78 is 56.1. The minimum Gasteiger partial charge on any atom is -0.348 e. The van der Waals surface area contributed by atoms with Gasteiger partial charge in [-0.2, -0.15) is 10.1 Å². The Labute approximate surface area is 157 Å². The van der Waals surface area contributed by atoms with Crippen molar-refractivity contribution in [2.45, 2.75) is 32.5 Å². The van der Waals surface area contributed by atoms with E-state index in [9.17, 15) is 22.4 Å². The van der Waals surface area contributed by atoms with Gasteiger partial charge in [-0.25, -0.2) is 22.2 Å². The summed E-state index contributed by atoms with van der Waals surface area (Å²) in [6.07, 6.45) is 0. The number of H-pyrrole nitrogens is 1. The van der Waals surface area contributed by atoms with Crippen LogP contribution >= 0.6 is 0 Å². The van der Waals surface area contributed by atoms with E-state index in [2.05, 4.69) is 15.1 Å². The summed E-state index contributed by atoms with van der Waals surface area (Å²) in [6.45, 7) is 1.24. The number of benzene rings is 1. The highest BCUT2D eigenvalue weighted by Gasteiger charge is 2.27. The maximum absolute atomic E-state index is 14.5. The van der Waals surface area contributed by atoms with E-state index in [-0.39, 0.29) is 28.2 Å². The van der Waals surface area contributed by atoms with Gasteiger partial charge < -0.3 is 4.90 Å². The van der Waals surface area contributed by atoms with E-state index in [1.54, 1.807) is 25.9 Å². The van der Waals surface area contributed by atoms with Gasteiger partial charge in [0.1, 0.15) is 23.6 Å². The van der Waals surface area contributed by atoms with Crippen LogP contribution in [0.5, 0.6) is 0 Å². The number of nitrogens with zero attached hydrogens (tertiary/aromatic N) is 4. The number of anilines is 1. The summed E-state index contributed by atoms with van der Waals surface area (Å²) in [6, 6.07) is 2.31. The van der Waals surface area contributed by atoms with Gasteiger partial charge in [-0.05, 0) is 13.0 Å². The fourth-order valence-corrected chi connectivity index (χ4v) is 2.95. The van der Waals surface area contributed by atoms with Gasteiger partial charge in [-0.15, -0.1) is 0 Å². The minimum absolute atomic E-state index is 0.0305. The number of hydrogen-bond acceptors (Lipinski definition) is 4. The van der Waals surface area contributed by atoms with Gasteiger partial charge in [0.2, 0.25) is 5.95 Å². The quantitative estimate of drug-likeness (QED) is 0.669. The van der Waals surface area contributed by atoms with E-state index in [1.807, 2.05) is 0 Å². The van der Waals surface area contributed by atoms with Gasteiger partial charge in [0.05, 0.1) is 6.04 Å². The lowest BCUT2D eigenvalue weighted by Crippen LogP contribution is -2.20. The number of aromatic amines is 1. The maximum Gasteiger partial charge on any atom is 0.270 e. The first-order valence-corrected chi connectivity index (χ1v) is 8.47. The molecule has 150 valence electrons. The van der Waals surface area contributed by atoms with Crippen molar-refractivity contribution < 1.29 is 17.6 Å². The topological polar surface area (TPSA) is 66.8 Å². The second kappa shape index (κ2) is 6.92. The Bertz CT molecular complexity index is 1080. The van der Waals surface area contributed by atoms with Crippen LogP contribution in [0, 0.1) is 5.82 Å². The molecule has 1 atom stereocenters. The maximum atomic E-state index is 14.5. The highest BCUT2D eigenvalue weighted by Crippen LogP contribution is 2.31. The molecule has 3 aromatic rings. The van der Waals surface area contributed by atoms with Gasteiger partial charge in [0.25, 0.3) is 11.5 Å². The predicted octanol–water partition coefficient (Wildman–Crippen LogP) is 3.52. The molecule has 3 rings (SSSR count). The van der Waals surface area contributed by atoms with Crippen molar-refractivity contribution in [1.29, 1.82) is 0 Å². The number of hydrogen-bond donors (Lipinski definition) is 1. The monoisotopic (exact) mass is 397 g/mol.